The molecule has 1 aliphatic heterocycles. The molecule has 0 unspecified atom stereocenters. The molecule has 1 aromatic heterocycles. The molecule has 28 heavy (non-hydrogen) atoms. The lowest BCUT2D eigenvalue weighted by Crippen LogP contribution is -2.50. The first-order valence-electron chi connectivity index (χ1n) is 8.25. The summed E-state index contributed by atoms with van der Waals surface area (Å²) < 4.78 is 27.8. The maximum atomic E-state index is 12.8. The zero-order valence-corrected chi connectivity index (χ0v) is 17.7. The monoisotopic (exact) mass is 485 g/mol. The molecule has 0 saturated carbocycles. The standard InChI is InChI=1S/C17H16BrN3O5S2/c18-16-7-5-13(27-16)6-8-17(22)19-9-11-20(12-10-19)28(25,26)15-4-2-1-3-14(15)21(23)24/h1-8H,9-12H2/b8-6+. The molecule has 0 radical (unpaired) electrons. The summed E-state index contributed by atoms with van der Waals surface area (Å²) in [7, 11) is -4.01. The van der Waals surface area contributed by atoms with E-state index in [0.29, 0.717) is 0 Å². The number of benzene rings is 1. The van der Waals surface area contributed by atoms with E-state index in [4.69, 9.17) is 0 Å². The van der Waals surface area contributed by atoms with Crippen LogP contribution in [0.2, 0.25) is 0 Å². The summed E-state index contributed by atoms with van der Waals surface area (Å²) in [6.45, 7) is 0.603. The molecule has 3 rings (SSSR count). The van der Waals surface area contributed by atoms with Gasteiger partial charge in [0.25, 0.3) is 5.69 Å². The lowest BCUT2D eigenvalue weighted by molar-refractivity contribution is -0.387. The Labute approximate surface area is 174 Å². The number of sulfonamides is 1. The van der Waals surface area contributed by atoms with Crippen molar-refractivity contribution in [2.75, 3.05) is 26.2 Å². The third-order valence-corrected chi connectivity index (χ3v) is 7.75. The number of hydrogen-bond acceptors (Lipinski definition) is 6. The maximum absolute atomic E-state index is 12.8. The minimum Gasteiger partial charge on any atom is -0.337 e. The molecule has 0 spiro atoms. The Kier molecular flexibility index (Phi) is 6.28. The number of rotatable bonds is 5. The number of carbonyl (C=O) groups excluding carboxylic acids is 1. The van der Waals surface area contributed by atoms with Crippen LogP contribution in [0.5, 0.6) is 0 Å². The van der Waals surface area contributed by atoms with Crippen molar-refractivity contribution >= 4 is 55.0 Å². The van der Waals surface area contributed by atoms with E-state index >= 15 is 0 Å². The fraction of sp³-hybridized carbons (Fsp3) is 0.235. The summed E-state index contributed by atoms with van der Waals surface area (Å²) in [5, 5.41) is 11.1. The molecule has 0 N–H and O–H groups in total. The van der Waals surface area contributed by atoms with Crippen molar-refractivity contribution in [3.05, 3.63) is 61.3 Å². The number of para-hydroxylation sites is 1. The van der Waals surface area contributed by atoms with Gasteiger partial charge in [0, 0.05) is 43.2 Å². The number of thiophene rings is 1. The van der Waals surface area contributed by atoms with Crippen molar-refractivity contribution in [1.82, 2.24) is 9.21 Å². The Balaban J connectivity index is 1.67. The lowest BCUT2D eigenvalue weighted by atomic mass is 10.3. The number of halogens is 1. The number of nitro groups is 1. The number of amides is 1. The molecule has 1 aliphatic rings. The van der Waals surface area contributed by atoms with Crippen LogP contribution in [0.25, 0.3) is 6.08 Å². The van der Waals surface area contributed by atoms with Crippen LogP contribution in [0.3, 0.4) is 0 Å². The van der Waals surface area contributed by atoms with Crippen LogP contribution in [-0.4, -0.2) is 54.6 Å². The highest BCUT2D eigenvalue weighted by atomic mass is 79.9. The second-order valence-electron chi connectivity index (χ2n) is 5.93. The van der Waals surface area contributed by atoms with E-state index in [0.717, 1.165) is 8.66 Å². The Bertz CT molecular complexity index is 1030. The molecule has 8 nitrogen and oxygen atoms in total. The average Bonchev–Trinajstić information content (AvgIpc) is 3.11. The van der Waals surface area contributed by atoms with Crippen LogP contribution in [0, 0.1) is 10.1 Å². The van der Waals surface area contributed by atoms with Crippen LogP contribution >= 0.6 is 27.3 Å². The first-order chi connectivity index (χ1) is 13.3. The third-order valence-electron chi connectivity index (χ3n) is 4.21. The number of hydrogen-bond donors (Lipinski definition) is 0. The van der Waals surface area contributed by atoms with Crippen LogP contribution < -0.4 is 0 Å². The number of nitro benzene ring substituents is 1. The SMILES string of the molecule is O=C(/C=C/c1ccc(Br)s1)N1CCN(S(=O)(=O)c2ccccc2[N+](=O)[O-])CC1. The maximum Gasteiger partial charge on any atom is 0.289 e. The number of nitrogens with zero attached hydrogens (tertiary/aromatic N) is 3. The van der Waals surface area contributed by atoms with Crippen LogP contribution in [0.1, 0.15) is 4.88 Å². The van der Waals surface area contributed by atoms with Crippen molar-refractivity contribution in [2.24, 2.45) is 0 Å². The van der Waals surface area contributed by atoms with Crippen molar-refractivity contribution < 1.29 is 18.1 Å². The topological polar surface area (TPSA) is 101 Å². The minimum absolute atomic E-state index is 0.0819. The van der Waals surface area contributed by atoms with E-state index in [-0.39, 0.29) is 37.0 Å². The molecule has 148 valence electrons. The molecule has 0 aliphatic carbocycles. The lowest BCUT2D eigenvalue weighted by Gasteiger charge is -2.33. The van der Waals surface area contributed by atoms with Crippen molar-refractivity contribution in [3.8, 4) is 0 Å². The van der Waals surface area contributed by atoms with Crippen LogP contribution in [-0.2, 0) is 14.8 Å². The first kappa shape index (κ1) is 20.6. The zero-order chi connectivity index (χ0) is 20.3. The van der Waals surface area contributed by atoms with Gasteiger partial charge in [-0.25, -0.2) is 8.42 Å². The fourth-order valence-corrected chi connectivity index (χ4v) is 5.70. The van der Waals surface area contributed by atoms with Crippen molar-refractivity contribution in [2.45, 2.75) is 4.90 Å². The molecule has 1 saturated heterocycles. The summed E-state index contributed by atoms with van der Waals surface area (Å²) in [4.78, 5) is 24.9. The minimum atomic E-state index is -4.01. The predicted molar refractivity (Wildman–Crippen MR) is 109 cm³/mol. The molecular formula is C17H16BrN3O5S2. The van der Waals surface area contributed by atoms with Gasteiger partial charge in [0.1, 0.15) is 0 Å². The second-order valence-corrected chi connectivity index (χ2v) is 10.3. The fourth-order valence-electron chi connectivity index (χ4n) is 2.79. The Hall–Kier alpha value is -2.08. The zero-order valence-electron chi connectivity index (χ0n) is 14.5. The molecule has 0 bridgehead atoms. The highest BCUT2D eigenvalue weighted by Crippen LogP contribution is 2.27. The largest absolute Gasteiger partial charge is 0.337 e. The van der Waals surface area contributed by atoms with Gasteiger partial charge >= 0.3 is 0 Å². The third kappa shape index (κ3) is 4.49. The van der Waals surface area contributed by atoms with E-state index in [9.17, 15) is 23.3 Å². The molecular weight excluding hydrogens is 470 g/mol. The number of piperazine rings is 1. The Morgan fingerprint density at radius 1 is 1.14 bits per heavy atom. The highest BCUT2D eigenvalue weighted by molar-refractivity contribution is 9.11. The Morgan fingerprint density at radius 2 is 1.82 bits per heavy atom. The predicted octanol–water partition coefficient (Wildman–Crippen LogP) is 2.97. The molecule has 2 aromatic rings. The number of carbonyl (C=O) groups is 1. The van der Waals surface area contributed by atoms with Crippen LogP contribution in [0.15, 0.2) is 51.2 Å². The molecule has 1 aromatic carbocycles. The summed E-state index contributed by atoms with van der Waals surface area (Å²) >= 11 is 4.86. The van der Waals surface area contributed by atoms with Gasteiger partial charge in [0.05, 0.1) is 8.71 Å². The van der Waals surface area contributed by atoms with Gasteiger partial charge < -0.3 is 4.90 Å². The van der Waals surface area contributed by atoms with Crippen molar-refractivity contribution in [1.29, 1.82) is 0 Å². The molecule has 1 fully saturated rings. The molecule has 0 atom stereocenters. The van der Waals surface area contributed by atoms with Gasteiger partial charge in [-0.3, -0.25) is 14.9 Å². The first-order valence-corrected chi connectivity index (χ1v) is 11.3. The molecule has 1 amide bonds. The van der Waals surface area contributed by atoms with Gasteiger partial charge in [-0.2, -0.15) is 4.31 Å². The van der Waals surface area contributed by atoms with E-state index in [1.165, 1.54) is 46.0 Å². The van der Waals surface area contributed by atoms with E-state index in [1.54, 1.807) is 11.0 Å². The van der Waals surface area contributed by atoms with E-state index in [1.807, 2.05) is 12.1 Å². The smallest absolute Gasteiger partial charge is 0.289 e. The summed E-state index contributed by atoms with van der Waals surface area (Å²) in [6, 6.07) is 9.05. The van der Waals surface area contributed by atoms with Crippen molar-refractivity contribution in [3.63, 3.8) is 0 Å². The van der Waals surface area contributed by atoms with Gasteiger partial charge in [-0.05, 0) is 40.2 Å². The molecule has 2 heterocycles. The van der Waals surface area contributed by atoms with E-state index in [2.05, 4.69) is 15.9 Å². The second kappa shape index (κ2) is 8.52. The van der Waals surface area contributed by atoms with Gasteiger partial charge in [0.2, 0.25) is 15.9 Å². The van der Waals surface area contributed by atoms with E-state index < -0.39 is 20.6 Å². The normalized spacial score (nSPS) is 15.8. The summed E-state index contributed by atoms with van der Waals surface area (Å²) in [6.07, 6.45) is 3.18. The average molecular weight is 486 g/mol. The summed E-state index contributed by atoms with van der Waals surface area (Å²) in [5.74, 6) is -0.202. The van der Waals surface area contributed by atoms with Crippen LogP contribution in [0.4, 0.5) is 5.69 Å². The van der Waals surface area contributed by atoms with Gasteiger partial charge in [-0.15, -0.1) is 11.3 Å². The van der Waals surface area contributed by atoms with Gasteiger partial charge in [-0.1, -0.05) is 12.1 Å². The van der Waals surface area contributed by atoms with Gasteiger partial charge in [0.15, 0.2) is 4.90 Å². The highest BCUT2D eigenvalue weighted by Gasteiger charge is 2.34. The molecule has 11 heteroatoms. The summed E-state index contributed by atoms with van der Waals surface area (Å²) in [5.41, 5.74) is -0.453. The Morgan fingerprint density at radius 3 is 2.43 bits per heavy atom. The quantitative estimate of drug-likeness (QED) is 0.368.